The molecule has 2 heterocycles. The third-order valence-corrected chi connectivity index (χ3v) is 4.00. The fourth-order valence-electron chi connectivity index (χ4n) is 1.91. The van der Waals surface area contributed by atoms with Crippen LogP contribution in [-0.2, 0) is 7.05 Å². The molecule has 1 N–H and O–H groups in total. The summed E-state index contributed by atoms with van der Waals surface area (Å²) in [5.74, 6) is 1.02. The molecule has 0 amide bonds. The van der Waals surface area contributed by atoms with Gasteiger partial charge in [-0.2, -0.15) is 0 Å². The van der Waals surface area contributed by atoms with Crippen molar-refractivity contribution in [2.24, 2.45) is 7.05 Å². The maximum Gasteiger partial charge on any atom is 0.158 e. The van der Waals surface area contributed by atoms with Gasteiger partial charge in [0.05, 0.1) is 16.7 Å². The normalized spacial score (nSPS) is 11.2. The van der Waals surface area contributed by atoms with Crippen LogP contribution in [0.25, 0.3) is 22.3 Å². The van der Waals surface area contributed by atoms with E-state index in [9.17, 15) is 0 Å². The van der Waals surface area contributed by atoms with Gasteiger partial charge in [-0.05, 0) is 31.3 Å². The van der Waals surface area contributed by atoms with Crippen molar-refractivity contribution in [2.75, 3.05) is 0 Å². The first-order chi connectivity index (χ1) is 8.15. The van der Waals surface area contributed by atoms with Gasteiger partial charge in [0.2, 0.25) is 0 Å². The molecule has 0 aliphatic carbocycles. The number of rotatable bonds is 1. The Morgan fingerprint density at radius 1 is 1.41 bits per heavy atom. The zero-order valence-electron chi connectivity index (χ0n) is 9.52. The zero-order valence-corrected chi connectivity index (χ0v) is 11.2. The van der Waals surface area contributed by atoms with Crippen LogP contribution >= 0.6 is 23.6 Å². The molecule has 3 rings (SSSR count). The van der Waals surface area contributed by atoms with Gasteiger partial charge in [-0.1, -0.05) is 6.07 Å². The van der Waals surface area contributed by atoms with Crippen molar-refractivity contribution in [1.82, 2.24) is 14.5 Å². The molecular weight excluding hydrogens is 250 g/mol. The first-order valence-electron chi connectivity index (χ1n) is 5.26. The third kappa shape index (κ3) is 1.71. The maximum absolute atomic E-state index is 5.10. The standard InChI is InChI=1S/C12H11N3S2/c1-7-13-9-5-8(3-4-11(9)15(7)2)10-6-17-12(16)14-10/h3-6H,1-2H3,(H,14,16). The van der Waals surface area contributed by atoms with Crippen molar-refractivity contribution in [3.63, 3.8) is 0 Å². The van der Waals surface area contributed by atoms with Gasteiger partial charge in [-0.15, -0.1) is 11.3 Å². The lowest BCUT2D eigenvalue weighted by Crippen LogP contribution is -1.89. The first kappa shape index (κ1) is 10.7. The Labute approximate surface area is 108 Å². The molecule has 0 unspecified atom stereocenters. The molecule has 0 radical (unpaired) electrons. The summed E-state index contributed by atoms with van der Waals surface area (Å²) in [4.78, 5) is 7.71. The van der Waals surface area contributed by atoms with Crippen LogP contribution < -0.4 is 0 Å². The van der Waals surface area contributed by atoms with Gasteiger partial charge < -0.3 is 9.55 Å². The predicted molar refractivity (Wildman–Crippen MR) is 73.9 cm³/mol. The number of imidazole rings is 1. The highest BCUT2D eigenvalue weighted by Crippen LogP contribution is 2.24. The van der Waals surface area contributed by atoms with Gasteiger partial charge in [0, 0.05) is 18.0 Å². The van der Waals surface area contributed by atoms with Crippen molar-refractivity contribution < 1.29 is 0 Å². The van der Waals surface area contributed by atoms with Gasteiger partial charge in [0.1, 0.15) is 5.82 Å². The van der Waals surface area contributed by atoms with E-state index in [1.54, 1.807) is 11.3 Å². The van der Waals surface area contributed by atoms with Crippen LogP contribution in [0.4, 0.5) is 0 Å². The molecule has 0 saturated heterocycles. The minimum Gasteiger partial charge on any atom is -0.337 e. The molecule has 2 aromatic heterocycles. The third-order valence-electron chi connectivity index (χ3n) is 2.94. The molecule has 3 aromatic rings. The van der Waals surface area contributed by atoms with Gasteiger partial charge in [-0.25, -0.2) is 4.98 Å². The Balaban J connectivity index is 2.23. The zero-order chi connectivity index (χ0) is 12.0. The lowest BCUT2D eigenvalue weighted by atomic mass is 10.1. The second-order valence-corrected chi connectivity index (χ2v) is 5.53. The van der Waals surface area contributed by atoms with E-state index in [-0.39, 0.29) is 0 Å². The fourth-order valence-corrected chi connectivity index (χ4v) is 2.75. The quantitative estimate of drug-likeness (QED) is 0.678. The summed E-state index contributed by atoms with van der Waals surface area (Å²) in [7, 11) is 2.03. The first-order valence-corrected chi connectivity index (χ1v) is 6.55. The molecular formula is C12H11N3S2. The Hall–Kier alpha value is -1.46. The van der Waals surface area contributed by atoms with Crippen molar-refractivity contribution in [1.29, 1.82) is 0 Å². The SMILES string of the molecule is Cc1nc2cc(-c3csc(=S)[nH]3)ccc2n1C. The molecule has 0 atom stereocenters. The number of nitrogens with zero attached hydrogens (tertiary/aromatic N) is 2. The Kier molecular flexibility index (Phi) is 2.38. The van der Waals surface area contributed by atoms with E-state index in [0.717, 1.165) is 32.1 Å². The molecule has 0 bridgehead atoms. The number of aromatic amines is 1. The van der Waals surface area contributed by atoms with E-state index in [1.165, 1.54) is 0 Å². The molecule has 0 fully saturated rings. The summed E-state index contributed by atoms with van der Waals surface area (Å²) < 4.78 is 2.90. The van der Waals surface area contributed by atoms with E-state index < -0.39 is 0 Å². The largest absolute Gasteiger partial charge is 0.337 e. The second kappa shape index (κ2) is 3.78. The van der Waals surface area contributed by atoms with Crippen molar-refractivity contribution in [3.8, 4) is 11.3 Å². The summed E-state index contributed by atoms with van der Waals surface area (Å²) in [6.45, 7) is 2.01. The number of hydrogen-bond acceptors (Lipinski definition) is 3. The molecule has 1 aromatic carbocycles. The van der Waals surface area contributed by atoms with Crippen LogP contribution in [0.3, 0.4) is 0 Å². The molecule has 0 saturated carbocycles. The van der Waals surface area contributed by atoms with Crippen molar-refractivity contribution >= 4 is 34.6 Å². The Bertz CT molecular complexity index is 749. The summed E-state index contributed by atoms with van der Waals surface area (Å²) in [6, 6.07) is 6.28. The number of hydrogen-bond donors (Lipinski definition) is 1. The summed E-state index contributed by atoms with van der Waals surface area (Å²) in [5, 5.41) is 2.04. The number of nitrogens with one attached hydrogen (secondary N) is 1. The summed E-state index contributed by atoms with van der Waals surface area (Å²) in [6.07, 6.45) is 0. The van der Waals surface area contributed by atoms with Gasteiger partial charge >= 0.3 is 0 Å². The maximum atomic E-state index is 5.10. The van der Waals surface area contributed by atoms with Gasteiger partial charge in [0.15, 0.2) is 3.95 Å². The molecule has 5 heteroatoms. The predicted octanol–water partition coefficient (Wildman–Crippen LogP) is 3.67. The molecule has 0 aliphatic heterocycles. The molecule has 3 nitrogen and oxygen atoms in total. The summed E-state index contributed by atoms with van der Waals surface area (Å²) in [5.41, 5.74) is 4.36. The van der Waals surface area contributed by atoms with Gasteiger partial charge in [0.25, 0.3) is 0 Å². The Morgan fingerprint density at radius 3 is 2.94 bits per heavy atom. The minimum atomic E-state index is 0.803. The number of fused-ring (bicyclic) bond motifs is 1. The Morgan fingerprint density at radius 2 is 2.24 bits per heavy atom. The van der Waals surface area contributed by atoms with Gasteiger partial charge in [-0.3, -0.25) is 0 Å². The lowest BCUT2D eigenvalue weighted by molar-refractivity contribution is 0.886. The monoisotopic (exact) mass is 261 g/mol. The van der Waals surface area contributed by atoms with Crippen LogP contribution in [0.5, 0.6) is 0 Å². The van der Waals surface area contributed by atoms with E-state index in [4.69, 9.17) is 12.2 Å². The smallest absolute Gasteiger partial charge is 0.158 e. The van der Waals surface area contributed by atoms with Crippen molar-refractivity contribution in [2.45, 2.75) is 6.92 Å². The lowest BCUT2D eigenvalue weighted by Gasteiger charge is -1.99. The number of benzene rings is 1. The highest BCUT2D eigenvalue weighted by molar-refractivity contribution is 7.73. The van der Waals surface area contributed by atoms with Crippen LogP contribution in [0.15, 0.2) is 23.6 Å². The fraction of sp³-hybridized carbons (Fsp3) is 0.167. The number of aryl methyl sites for hydroxylation is 2. The summed E-state index contributed by atoms with van der Waals surface area (Å²) >= 11 is 6.64. The van der Waals surface area contributed by atoms with Crippen molar-refractivity contribution in [3.05, 3.63) is 33.4 Å². The topological polar surface area (TPSA) is 33.6 Å². The second-order valence-electron chi connectivity index (χ2n) is 3.98. The minimum absolute atomic E-state index is 0.803. The van der Waals surface area contributed by atoms with Crippen LogP contribution in [-0.4, -0.2) is 14.5 Å². The number of aromatic nitrogens is 3. The molecule has 86 valence electrons. The van der Waals surface area contributed by atoms with Crippen LogP contribution in [0.2, 0.25) is 0 Å². The average Bonchev–Trinajstić information content (AvgIpc) is 2.85. The molecule has 0 aliphatic rings. The van der Waals surface area contributed by atoms with Crippen LogP contribution in [0, 0.1) is 10.9 Å². The highest BCUT2D eigenvalue weighted by atomic mass is 32.1. The molecule has 17 heavy (non-hydrogen) atoms. The number of H-pyrrole nitrogens is 1. The van der Waals surface area contributed by atoms with E-state index >= 15 is 0 Å². The van der Waals surface area contributed by atoms with E-state index in [0.29, 0.717) is 0 Å². The number of thiazole rings is 1. The average molecular weight is 261 g/mol. The van der Waals surface area contributed by atoms with E-state index in [2.05, 4.69) is 32.7 Å². The molecule has 0 spiro atoms. The highest BCUT2D eigenvalue weighted by Gasteiger charge is 2.06. The van der Waals surface area contributed by atoms with Crippen LogP contribution in [0.1, 0.15) is 5.82 Å². The van der Waals surface area contributed by atoms with E-state index in [1.807, 2.05) is 19.4 Å².